The zero-order valence-corrected chi connectivity index (χ0v) is 22.9. The van der Waals surface area contributed by atoms with Gasteiger partial charge >= 0.3 is 5.97 Å². The van der Waals surface area contributed by atoms with Gasteiger partial charge in [0.25, 0.3) is 0 Å². The summed E-state index contributed by atoms with van der Waals surface area (Å²) < 4.78 is 0. The predicted octanol–water partition coefficient (Wildman–Crippen LogP) is 8.47. The van der Waals surface area contributed by atoms with Gasteiger partial charge in [-0.2, -0.15) is 0 Å². The largest absolute Gasteiger partial charge is 0.506 e. The molecule has 0 unspecified atom stereocenters. The Balaban J connectivity index is 1.94. The number of benzene rings is 1. The molecule has 0 saturated carbocycles. The number of nitrogens with one attached hydrogen (secondary N) is 1. The molecule has 0 aliphatic carbocycles. The molecule has 0 aliphatic rings. The molecule has 0 aromatic heterocycles. The van der Waals surface area contributed by atoms with E-state index in [9.17, 15) is 14.7 Å². The van der Waals surface area contributed by atoms with Crippen molar-refractivity contribution in [1.29, 1.82) is 0 Å². The molecular weight excluding hydrogens is 462 g/mol. The molecule has 1 rings (SSSR count). The standard InChI is InChI=1S/C32H47NO4/c1-2-3-4-5-6-7-8-9-10-11-12-13-14-15-16-17-18-19-20-21-22-23-24-31(35)33-29-27-28(32(36)37)25-26-30(29)34/h25-27,34H,2-12,17-24H2,1H3,(H,33,35)(H,36,37). The first-order valence-corrected chi connectivity index (χ1v) is 14.4. The van der Waals surface area contributed by atoms with E-state index >= 15 is 0 Å². The summed E-state index contributed by atoms with van der Waals surface area (Å²) in [6, 6.07) is 3.84. The SMILES string of the molecule is CCCCCCCCCCCCC#CC#CCCCCCCCCC(=O)Nc1cc(C(=O)O)ccc1O. The van der Waals surface area contributed by atoms with Gasteiger partial charge in [-0.25, -0.2) is 4.79 Å². The number of aromatic carboxylic acids is 1. The van der Waals surface area contributed by atoms with E-state index in [1.807, 2.05) is 0 Å². The van der Waals surface area contributed by atoms with Crippen LogP contribution < -0.4 is 5.32 Å². The number of hydrogen-bond acceptors (Lipinski definition) is 3. The van der Waals surface area contributed by atoms with Gasteiger partial charge in [0.15, 0.2) is 0 Å². The van der Waals surface area contributed by atoms with Crippen LogP contribution in [-0.4, -0.2) is 22.1 Å². The molecule has 0 heterocycles. The monoisotopic (exact) mass is 509 g/mol. The summed E-state index contributed by atoms with van der Waals surface area (Å²) in [4.78, 5) is 23.1. The maximum Gasteiger partial charge on any atom is 0.335 e. The molecule has 0 radical (unpaired) electrons. The third kappa shape index (κ3) is 18.0. The third-order valence-electron chi connectivity index (χ3n) is 6.37. The molecule has 0 bridgehead atoms. The quantitative estimate of drug-likeness (QED) is 0.0934. The number of carbonyl (C=O) groups is 2. The van der Waals surface area contributed by atoms with Gasteiger partial charge in [-0.15, -0.1) is 0 Å². The minimum absolute atomic E-state index is 0.0224. The molecule has 0 fully saturated rings. The normalized spacial score (nSPS) is 10.2. The summed E-state index contributed by atoms with van der Waals surface area (Å²) in [6.45, 7) is 2.26. The smallest absolute Gasteiger partial charge is 0.335 e. The first-order valence-electron chi connectivity index (χ1n) is 14.4. The lowest BCUT2D eigenvalue weighted by Gasteiger charge is -2.08. The average Bonchev–Trinajstić information content (AvgIpc) is 2.88. The van der Waals surface area contributed by atoms with Gasteiger partial charge in [-0.05, 0) is 49.3 Å². The lowest BCUT2D eigenvalue weighted by atomic mass is 10.1. The summed E-state index contributed by atoms with van der Waals surface area (Å²) in [5.41, 5.74) is 0.156. The van der Waals surface area contributed by atoms with Crippen molar-refractivity contribution in [1.82, 2.24) is 0 Å². The number of phenolic OH excluding ortho intramolecular Hbond substituents is 1. The van der Waals surface area contributed by atoms with Crippen molar-refractivity contribution in [3.8, 4) is 29.4 Å². The van der Waals surface area contributed by atoms with Gasteiger partial charge in [0.05, 0.1) is 11.3 Å². The van der Waals surface area contributed by atoms with Gasteiger partial charge in [-0.3, -0.25) is 4.79 Å². The van der Waals surface area contributed by atoms with Crippen molar-refractivity contribution in [2.75, 3.05) is 5.32 Å². The molecule has 0 aliphatic heterocycles. The number of unbranched alkanes of at least 4 members (excludes halogenated alkanes) is 16. The average molecular weight is 510 g/mol. The van der Waals surface area contributed by atoms with Gasteiger partial charge in [0.1, 0.15) is 5.75 Å². The van der Waals surface area contributed by atoms with Crippen LogP contribution in [0.4, 0.5) is 5.69 Å². The van der Waals surface area contributed by atoms with Crippen LogP contribution in [0.25, 0.3) is 0 Å². The van der Waals surface area contributed by atoms with Gasteiger partial charge in [0, 0.05) is 19.3 Å². The first-order chi connectivity index (χ1) is 18.0. The molecule has 1 amide bonds. The highest BCUT2D eigenvalue weighted by Gasteiger charge is 2.10. The number of carboxylic acids is 1. The van der Waals surface area contributed by atoms with Crippen LogP contribution in [0.5, 0.6) is 5.75 Å². The number of carbonyl (C=O) groups excluding carboxylic acids is 1. The number of aromatic hydroxyl groups is 1. The lowest BCUT2D eigenvalue weighted by molar-refractivity contribution is -0.116. The summed E-state index contributed by atoms with van der Waals surface area (Å²) in [7, 11) is 0. The molecule has 204 valence electrons. The Morgan fingerprint density at radius 2 is 1.22 bits per heavy atom. The van der Waals surface area contributed by atoms with E-state index in [0.29, 0.717) is 6.42 Å². The highest BCUT2D eigenvalue weighted by Crippen LogP contribution is 2.24. The van der Waals surface area contributed by atoms with E-state index in [4.69, 9.17) is 5.11 Å². The van der Waals surface area contributed by atoms with Crippen molar-refractivity contribution in [2.45, 2.75) is 129 Å². The Hall–Kier alpha value is -2.92. The highest BCUT2D eigenvalue weighted by atomic mass is 16.4. The highest BCUT2D eigenvalue weighted by molar-refractivity contribution is 5.95. The van der Waals surface area contributed by atoms with E-state index in [1.165, 1.54) is 82.4 Å². The van der Waals surface area contributed by atoms with Crippen LogP contribution in [0.1, 0.15) is 139 Å². The van der Waals surface area contributed by atoms with Crippen molar-refractivity contribution in [3.63, 3.8) is 0 Å². The van der Waals surface area contributed by atoms with Crippen LogP contribution in [0.2, 0.25) is 0 Å². The molecule has 3 N–H and O–H groups in total. The number of carboxylic acid groups (broad SMARTS) is 1. The van der Waals surface area contributed by atoms with Gasteiger partial charge in [0.2, 0.25) is 5.91 Å². The molecule has 0 saturated heterocycles. The van der Waals surface area contributed by atoms with Crippen LogP contribution in [0.15, 0.2) is 18.2 Å². The van der Waals surface area contributed by atoms with Crippen molar-refractivity contribution >= 4 is 17.6 Å². The Kier molecular flexibility index (Phi) is 19.3. The van der Waals surface area contributed by atoms with Crippen LogP contribution in [-0.2, 0) is 4.79 Å². The van der Waals surface area contributed by atoms with E-state index in [1.54, 1.807) is 0 Å². The molecular formula is C32H47NO4. The third-order valence-corrected chi connectivity index (χ3v) is 6.37. The van der Waals surface area contributed by atoms with Crippen LogP contribution in [0.3, 0.4) is 0 Å². The number of rotatable bonds is 20. The fraction of sp³-hybridized carbons (Fsp3) is 0.625. The summed E-state index contributed by atoms with van der Waals surface area (Å²) in [5.74, 6) is 10.8. The van der Waals surface area contributed by atoms with E-state index in [-0.39, 0.29) is 22.9 Å². The second-order valence-corrected chi connectivity index (χ2v) is 9.74. The Labute approximate surface area is 224 Å². The van der Waals surface area contributed by atoms with E-state index in [2.05, 4.69) is 35.9 Å². The topological polar surface area (TPSA) is 86.6 Å². The minimum Gasteiger partial charge on any atom is -0.506 e. The van der Waals surface area contributed by atoms with Crippen molar-refractivity contribution in [2.24, 2.45) is 0 Å². The van der Waals surface area contributed by atoms with Crippen molar-refractivity contribution in [3.05, 3.63) is 23.8 Å². The molecule has 0 atom stereocenters. The van der Waals surface area contributed by atoms with E-state index < -0.39 is 5.97 Å². The molecule has 1 aromatic carbocycles. The Morgan fingerprint density at radius 3 is 1.73 bits per heavy atom. The summed E-state index contributed by atoms with van der Waals surface area (Å²) >= 11 is 0. The lowest BCUT2D eigenvalue weighted by Crippen LogP contribution is -2.12. The van der Waals surface area contributed by atoms with Crippen LogP contribution >= 0.6 is 0 Å². The maximum atomic E-state index is 12.1. The number of anilines is 1. The molecule has 37 heavy (non-hydrogen) atoms. The number of amides is 1. The number of phenols is 1. The number of hydrogen-bond donors (Lipinski definition) is 3. The first kappa shape index (κ1) is 32.1. The predicted molar refractivity (Wildman–Crippen MR) is 153 cm³/mol. The van der Waals surface area contributed by atoms with Crippen LogP contribution in [0, 0.1) is 23.7 Å². The summed E-state index contributed by atoms with van der Waals surface area (Å²) in [6.07, 6.45) is 21.8. The van der Waals surface area contributed by atoms with Crippen molar-refractivity contribution < 1.29 is 19.8 Å². The molecule has 5 heteroatoms. The molecule has 1 aromatic rings. The Bertz CT molecular complexity index is 901. The fourth-order valence-corrected chi connectivity index (χ4v) is 4.10. The zero-order valence-electron chi connectivity index (χ0n) is 22.9. The minimum atomic E-state index is -1.10. The summed E-state index contributed by atoms with van der Waals surface area (Å²) in [5, 5.41) is 21.4. The van der Waals surface area contributed by atoms with Gasteiger partial charge in [-0.1, -0.05) is 102 Å². The second kappa shape index (κ2) is 22.3. The van der Waals surface area contributed by atoms with E-state index in [0.717, 1.165) is 51.4 Å². The second-order valence-electron chi connectivity index (χ2n) is 9.74. The molecule has 5 nitrogen and oxygen atoms in total. The fourth-order valence-electron chi connectivity index (χ4n) is 4.10. The zero-order chi connectivity index (χ0) is 27.0. The molecule has 0 spiro atoms. The maximum absolute atomic E-state index is 12.1. The Morgan fingerprint density at radius 1 is 0.730 bits per heavy atom. The van der Waals surface area contributed by atoms with Gasteiger partial charge < -0.3 is 15.5 Å².